The summed E-state index contributed by atoms with van der Waals surface area (Å²) in [6.45, 7) is 7.87. The van der Waals surface area contributed by atoms with Crippen LogP contribution in [0.4, 0.5) is 8.78 Å². The lowest BCUT2D eigenvalue weighted by Gasteiger charge is -2.31. The number of hydrogen-bond acceptors (Lipinski definition) is 3. The van der Waals surface area contributed by atoms with E-state index < -0.39 is 0 Å². The number of halogens is 4. The lowest BCUT2D eigenvalue weighted by molar-refractivity contribution is 0.181. The minimum Gasteiger partial charge on any atom is -0.314 e. The van der Waals surface area contributed by atoms with Crippen molar-refractivity contribution in [1.82, 2.24) is 15.1 Å². The molecule has 1 aliphatic heterocycles. The van der Waals surface area contributed by atoms with Crippen molar-refractivity contribution in [3.05, 3.63) is 35.4 Å². The SMILES string of the molecule is CC(c1cc(F)ccc1F)N(C)CCN1CCNCC1.Cl.Cl. The summed E-state index contributed by atoms with van der Waals surface area (Å²) in [7, 11) is 1.96. The molecule has 3 nitrogen and oxygen atoms in total. The van der Waals surface area contributed by atoms with Crippen molar-refractivity contribution in [3.8, 4) is 0 Å². The van der Waals surface area contributed by atoms with Gasteiger partial charge in [-0.1, -0.05) is 0 Å². The highest BCUT2D eigenvalue weighted by atomic mass is 35.5. The standard InChI is InChI=1S/C15H23F2N3.2ClH/c1-12(14-11-13(16)3-4-15(14)17)19(2)9-10-20-7-5-18-6-8-20;;/h3-4,11-12,18H,5-10H2,1-2H3;2*1H. The number of nitrogens with zero attached hydrogens (tertiary/aromatic N) is 2. The van der Waals surface area contributed by atoms with Crippen LogP contribution in [0, 0.1) is 11.6 Å². The zero-order valence-electron chi connectivity index (χ0n) is 13.0. The molecule has 7 heteroatoms. The number of piperazine rings is 1. The van der Waals surface area contributed by atoms with E-state index in [0.717, 1.165) is 45.3 Å². The summed E-state index contributed by atoms with van der Waals surface area (Å²) in [6, 6.07) is 3.52. The Hall–Kier alpha value is -0.460. The van der Waals surface area contributed by atoms with Crippen molar-refractivity contribution in [3.63, 3.8) is 0 Å². The van der Waals surface area contributed by atoms with Crippen molar-refractivity contribution >= 4 is 24.8 Å². The molecule has 0 bridgehead atoms. The molecule has 1 aromatic carbocycles. The van der Waals surface area contributed by atoms with Gasteiger partial charge in [0.15, 0.2) is 0 Å². The average molecular weight is 356 g/mol. The first kappa shape index (κ1) is 21.5. The Morgan fingerprint density at radius 3 is 2.50 bits per heavy atom. The number of nitrogens with one attached hydrogen (secondary N) is 1. The molecule has 1 saturated heterocycles. The number of benzene rings is 1. The van der Waals surface area contributed by atoms with Crippen LogP contribution in [0.15, 0.2) is 18.2 Å². The molecule has 1 fully saturated rings. The molecule has 2 rings (SSSR count). The van der Waals surface area contributed by atoms with Crippen LogP contribution in [0.2, 0.25) is 0 Å². The molecule has 128 valence electrons. The maximum atomic E-state index is 13.8. The Morgan fingerprint density at radius 1 is 1.23 bits per heavy atom. The van der Waals surface area contributed by atoms with Gasteiger partial charge in [0.25, 0.3) is 0 Å². The third-order valence-electron chi connectivity index (χ3n) is 4.05. The minimum absolute atomic E-state index is 0. The normalized spacial score (nSPS) is 16.8. The van der Waals surface area contributed by atoms with Crippen molar-refractivity contribution in [2.45, 2.75) is 13.0 Å². The number of rotatable bonds is 5. The van der Waals surface area contributed by atoms with E-state index in [2.05, 4.69) is 15.1 Å². The summed E-state index contributed by atoms with van der Waals surface area (Å²) in [5.41, 5.74) is 0.424. The van der Waals surface area contributed by atoms with Crippen LogP contribution < -0.4 is 5.32 Å². The Bertz CT molecular complexity index is 443. The van der Waals surface area contributed by atoms with Gasteiger partial charge >= 0.3 is 0 Å². The summed E-state index contributed by atoms with van der Waals surface area (Å²) < 4.78 is 27.0. The molecule has 0 saturated carbocycles. The van der Waals surface area contributed by atoms with Crippen molar-refractivity contribution < 1.29 is 8.78 Å². The molecule has 0 amide bonds. The predicted octanol–water partition coefficient (Wildman–Crippen LogP) is 2.71. The molecule has 1 heterocycles. The van der Waals surface area contributed by atoms with Crippen LogP contribution in [0.1, 0.15) is 18.5 Å². The minimum atomic E-state index is -0.385. The van der Waals surface area contributed by atoms with Gasteiger partial charge in [0.05, 0.1) is 0 Å². The van der Waals surface area contributed by atoms with E-state index >= 15 is 0 Å². The van der Waals surface area contributed by atoms with E-state index in [1.54, 1.807) is 0 Å². The maximum absolute atomic E-state index is 13.8. The highest BCUT2D eigenvalue weighted by Crippen LogP contribution is 2.22. The van der Waals surface area contributed by atoms with Crippen LogP contribution in [0.5, 0.6) is 0 Å². The smallest absolute Gasteiger partial charge is 0.128 e. The van der Waals surface area contributed by atoms with Gasteiger partial charge in [-0.2, -0.15) is 0 Å². The zero-order chi connectivity index (χ0) is 14.5. The molecule has 1 aliphatic rings. The molecule has 0 aliphatic carbocycles. The van der Waals surface area contributed by atoms with Crippen LogP contribution >= 0.6 is 24.8 Å². The summed E-state index contributed by atoms with van der Waals surface area (Å²) in [4.78, 5) is 4.46. The van der Waals surface area contributed by atoms with E-state index in [1.807, 2.05) is 14.0 Å². The molecule has 22 heavy (non-hydrogen) atoms. The van der Waals surface area contributed by atoms with Gasteiger partial charge in [0.2, 0.25) is 0 Å². The van der Waals surface area contributed by atoms with Crippen molar-refractivity contribution in [1.29, 1.82) is 0 Å². The van der Waals surface area contributed by atoms with Gasteiger partial charge in [-0.25, -0.2) is 8.78 Å². The van der Waals surface area contributed by atoms with Gasteiger partial charge in [-0.3, -0.25) is 9.80 Å². The molecule has 0 aromatic heterocycles. The molecule has 1 N–H and O–H groups in total. The van der Waals surface area contributed by atoms with Gasteiger partial charge in [-0.15, -0.1) is 24.8 Å². The maximum Gasteiger partial charge on any atom is 0.128 e. The highest BCUT2D eigenvalue weighted by molar-refractivity contribution is 5.85. The molecule has 1 unspecified atom stereocenters. The van der Waals surface area contributed by atoms with Crippen LogP contribution in [-0.4, -0.2) is 56.1 Å². The second-order valence-corrected chi connectivity index (χ2v) is 5.41. The Kier molecular flexibility index (Phi) is 10.1. The van der Waals surface area contributed by atoms with E-state index in [0.29, 0.717) is 5.56 Å². The second kappa shape index (κ2) is 10.3. The molecule has 0 radical (unpaired) electrons. The third kappa shape index (κ3) is 5.97. The van der Waals surface area contributed by atoms with Gasteiger partial charge in [0.1, 0.15) is 11.6 Å². The molecule has 0 spiro atoms. The lowest BCUT2D eigenvalue weighted by atomic mass is 10.1. The van der Waals surface area contributed by atoms with E-state index in [9.17, 15) is 8.78 Å². The Balaban J connectivity index is 0.00000220. The lowest BCUT2D eigenvalue weighted by Crippen LogP contribution is -2.46. The van der Waals surface area contributed by atoms with Gasteiger partial charge in [-0.05, 0) is 32.2 Å². The van der Waals surface area contributed by atoms with Crippen LogP contribution in [0.3, 0.4) is 0 Å². The Labute approximate surface area is 143 Å². The summed E-state index contributed by atoms with van der Waals surface area (Å²) in [6.07, 6.45) is 0. The largest absolute Gasteiger partial charge is 0.314 e. The van der Waals surface area contributed by atoms with Crippen LogP contribution in [0.25, 0.3) is 0 Å². The molecule has 1 aromatic rings. The monoisotopic (exact) mass is 355 g/mol. The second-order valence-electron chi connectivity index (χ2n) is 5.41. The van der Waals surface area contributed by atoms with Crippen molar-refractivity contribution in [2.24, 2.45) is 0 Å². The number of hydrogen-bond donors (Lipinski definition) is 1. The summed E-state index contributed by atoms with van der Waals surface area (Å²) in [5, 5.41) is 3.32. The fourth-order valence-electron chi connectivity index (χ4n) is 2.50. The molecular formula is C15H25Cl2F2N3. The van der Waals surface area contributed by atoms with Gasteiger partial charge in [0, 0.05) is 50.9 Å². The van der Waals surface area contributed by atoms with Crippen molar-refractivity contribution in [2.75, 3.05) is 46.3 Å². The first-order valence-electron chi connectivity index (χ1n) is 7.16. The first-order valence-corrected chi connectivity index (χ1v) is 7.16. The summed E-state index contributed by atoms with van der Waals surface area (Å²) in [5.74, 6) is -0.725. The number of likely N-dealkylation sites (N-methyl/N-ethyl adjacent to an activating group) is 1. The zero-order valence-corrected chi connectivity index (χ0v) is 14.7. The Morgan fingerprint density at radius 2 is 1.86 bits per heavy atom. The highest BCUT2D eigenvalue weighted by Gasteiger charge is 2.17. The average Bonchev–Trinajstić information content (AvgIpc) is 2.47. The molecule has 1 atom stereocenters. The molecular weight excluding hydrogens is 331 g/mol. The fraction of sp³-hybridized carbons (Fsp3) is 0.600. The van der Waals surface area contributed by atoms with Crippen LogP contribution in [-0.2, 0) is 0 Å². The van der Waals surface area contributed by atoms with Gasteiger partial charge < -0.3 is 5.32 Å². The quantitative estimate of drug-likeness (QED) is 0.875. The van der Waals surface area contributed by atoms with E-state index in [4.69, 9.17) is 0 Å². The summed E-state index contributed by atoms with van der Waals surface area (Å²) >= 11 is 0. The predicted molar refractivity (Wildman–Crippen MR) is 91.2 cm³/mol. The fourth-order valence-corrected chi connectivity index (χ4v) is 2.50. The third-order valence-corrected chi connectivity index (χ3v) is 4.05. The van der Waals surface area contributed by atoms with E-state index in [1.165, 1.54) is 12.1 Å². The van der Waals surface area contributed by atoms with E-state index in [-0.39, 0.29) is 42.5 Å². The first-order chi connectivity index (χ1) is 9.58. The topological polar surface area (TPSA) is 18.5 Å².